The van der Waals surface area contributed by atoms with Crippen molar-refractivity contribution in [2.45, 2.75) is 6.61 Å². The Kier molecular flexibility index (Phi) is 3.23. The van der Waals surface area contributed by atoms with Gasteiger partial charge in [-0.15, -0.1) is 0 Å². The van der Waals surface area contributed by atoms with Crippen LogP contribution in [0.25, 0.3) is 6.08 Å². The summed E-state index contributed by atoms with van der Waals surface area (Å²) in [5.41, 5.74) is 1.45. The monoisotopic (exact) mass is 178 g/mol. The van der Waals surface area contributed by atoms with E-state index in [1.54, 1.807) is 24.3 Å². The maximum absolute atomic E-state index is 10.2. The minimum Gasteiger partial charge on any atom is -0.478 e. The fourth-order valence-electron chi connectivity index (χ4n) is 1.00. The van der Waals surface area contributed by atoms with Gasteiger partial charge in [0.1, 0.15) is 0 Å². The van der Waals surface area contributed by atoms with Crippen molar-refractivity contribution in [2.75, 3.05) is 0 Å². The minimum atomic E-state index is -0.993. The number of aliphatic hydroxyl groups excluding tert-OH is 1. The van der Waals surface area contributed by atoms with Crippen LogP contribution in [0, 0.1) is 0 Å². The number of benzene rings is 1. The number of aliphatic hydroxyl groups is 1. The van der Waals surface area contributed by atoms with Crippen LogP contribution in [0.4, 0.5) is 0 Å². The van der Waals surface area contributed by atoms with Gasteiger partial charge < -0.3 is 10.2 Å². The molecule has 3 heteroatoms. The Labute approximate surface area is 76.0 Å². The molecule has 0 aliphatic carbocycles. The fourth-order valence-corrected chi connectivity index (χ4v) is 1.00. The molecule has 1 rings (SSSR count). The molecule has 0 spiro atoms. The summed E-state index contributed by atoms with van der Waals surface area (Å²) in [6.07, 6.45) is 2.52. The van der Waals surface area contributed by atoms with Crippen LogP contribution in [0.5, 0.6) is 0 Å². The first kappa shape index (κ1) is 9.48. The number of carboxylic acid groups (broad SMARTS) is 1. The summed E-state index contributed by atoms with van der Waals surface area (Å²) >= 11 is 0. The molecule has 1 aromatic carbocycles. The van der Waals surface area contributed by atoms with Gasteiger partial charge in [-0.05, 0) is 17.2 Å². The normalized spacial score (nSPS) is 10.5. The highest BCUT2D eigenvalue weighted by Gasteiger charge is 1.96. The zero-order valence-electron chi connectivity index (χ0n) is 6.97. The molecule has 0 saturated carbocycles. The number of carboxylic acids is 1. The molecule has 2 N–H and O–H groups in total. The van der Waals surface area contributed by atoms with E-state index in [1.165, 1.54) is 6.08 Å². The SMILES string of the molecule is O=C(O)C=Cc1ccccc1CO. The predicted molar refractivity (Wildman–Crippen MR) is 49.0 cm³/mol. The number of carbonyl (C=O) groups is 1. The zero-order valence-corrected chi connectivity index (χ0v) is 6.97. The quantitative estimate of drug-likeness (QED) is 0.685. The molecule has 0 atom stereocenters. The van der Waals surface area contributed by atoms with Gasteiger partial charge in [0.25, 0.3) is 0 Å². The third-order valence-corrected chi connectivity index (χ3v) is 1.63. The lowest BCUT2D eigenvalue weighted by atomic mass is 10.1. The second-order valence-corrected chi connectivity index (χ2v) is 2.53. The van der Waals surface area contributed by atoms with Gasteiger partial charge in [-0.25, -0.2) is 4.79 Å². The third-order valence-electron chi connectivity index (χ3n) is 1.63. The molecule has 0 unspecified atom stereocenters. The summed E-state index contributed by atoms with van der Waals surface area (Å²) in [5.74, 6) is -0.993. The zero-order chi connectivity index (χ0) is 9.68. The molecule has 1 aromatic rings. The molecular formula is C10H10O3. The largest absolute Gasteiger partial charge is 0.478 e. The van der Waals surface area contributed by atoms with Gasteiger partial charge in [-0.2, -0.15) is 0 Å². The highest BCUT2D eigenvalue weighted by Crippen LogP contribution is 2.10. The van der Waals surface area contributed by atoms with Gasteiger partial charge in [-0.1, -0.05) is 24.3 Å². The van der Waals surface area contributed by atoms with Crippen molar-refractivity contribution in [2.24, 2.45) is 0 Å². The van der Waals surface area contributed by atoms with Gasteiger partial charge in [-0.3, -0.25) is 0 Å². The van der Waals surface area contributed by atoms with Crippen molar-refractivity contribution in [1.29, 1.82) is 0 Å². The molecule has 0 aromatic heterocycles. The molecule has 0 amide bonds. The van der Waals surface area contributed by atoms with Gasteiger partial charge in [0, 0.05) is 6.08 Å². The van der Waals surface area contributed by atoms with Crippen molar-refractivity contribution >= 4 is 12.0 Å². The van der Waals surface area contributed by atoms with Crippen LogP contribution in [0.1, 0.15) is 11.1 Å². The summed E-state index contributed by atoms with van der Waals surface area (Å²) in [7, 11) is 0. The number of rotatable bonds is 3. The second-order valence-electron chi connectivity index (χ2n) is 2.53. The highest BCUT2D eigenvalue weighted by atomic mass is 16.4. The molecular weight excluding hydrogens is 168 g/mol. The topological polar surface area (TPSA) is 57.5 Å². The van der Waals surface area contributed by atoms with Gasteiger partial charge in [0.15, 0.2) is 0 Å². The van der Waals surface area contributed by atoms with Gasteiger partial charge in [0.2, 0.25) is 0 Å². The summed E-state index contributed by atoms with van der Waals surface area (Å²) in [6, 6.07) is 7.09. The maximum atomic E-state index is 10.2. The first-order valence-corrected chi connectivity index (χ1v) is 3.84. The molecule has 68 valence electrons. The predicted octanol–water partition coefficient (Wildman–Crippen LogP) is 1.28. The lowest BCUT2D eigenvalue weighted by Gasteiger charge is -2.00. The van der Waals surface area contributed by atoms with E-state index in [4.69, 9.17) is 10.2 Å². The summed E-state index contributed by atoms with van der Waals surface area (Å²) in [4.78, 5) is 10.2. The first-order valence-electron chi connectivity index (χ1n) is 3.84. The van der Waals surface area contributed by atoms with Crippen LogP contribution in [-0.4, -0.2) is 16.2 Å². The average Bonchev–Trinajstić information content (AvgIpc) is 2.15. The smallest absolute Gasteiger partial charge is 0.328 e. The molecule has 0 aliphatic rings. The Hall–Kier alpha value is -1.61. The van der Waals surface area contributed by atoms with Crippen LogP contribution in [0.3, 0.4) is 0 Å². The number of hydrogen-bond acceptors (Lipinski definition) is 2. The lowest BCUT2D eigenvalue weighted by molar-refractivity contribution is -0.131. The Morgan fingerprint density at radius 1 is 1.38 bits per heavy atom. The highest BCUT2D eigenvalue weighted by molar-refractivity contribution is 5.85. The Morgan fingerprint density at radius 2 is 2.08 bits per heavy atom. The van der Waals surface area contributed by atoms with E-state index in [1.807, 2.05) is 0 Å². The molecule has 3 nitrogen and oxygen atoms in total. The first-order chi connectivity index (χ1) is 6.24. The van der Waals surface area contributed by atoms with Crippen molar-refractivity contribution in [3.8, 4) is 0 Å². The van der Waals surface area contributed by atoms with E-state index in [0.29, 0.717) is 0 Å². The van der Waals surface area contributed by atoms with Crippen LogP contribution in [-0.2, 0) is 11.4 Å². The summed E-state index contributed by atoms with van der Waals surface area (Å²) in [5, 5.41) is 17.3. The van der Waals surface area contributed by atoms with Crippen LogP contribution in [0.2, 0.25) is 0 Å². The van der Waals surface area contributed by atoms with Gasteiger partial charge in [0.05, 0.1) is 6.61 Å². The van der Waals surface area contributed by atoms with E-state index in [9.17, 15) is 4.79 Å². The van der Waals surface area contributed by atoms with Crippen molar-refractivity contribution in [1.82, 2.24) is 0 Å². The third kappa shape index (κ3) is 2.72. The molecule has 13 heavy (non-hydrogen) atoms. The van der Waals surface area contributed by atoms with Crippen molar-refractivity contribution in [3.63, 3.8) is 0 Å². The molecule has 0 radical (unpaired) electrons. The molecule has 0 aliphatic heterocycles. The Morgan fingerprint density at radius 3 is 2.69 bits per heavy atom. The second kappa shape index (κ2) is 4.42. The average molecular weight is 178 g/mol. The molecule has 0 heterocycles. The van der Waals surface area contributed by atoms with E-state index >= 15 is 0 Å². The maximum Gasteiger partial charge on any atom is 0.328 e. The van der Waals surface area contributed by atoms with Gasteiger partial charge >= 0.3 is 5.97 Å². The molecule has 0 bridgehead atoms. The van der Waals surface area contributed by atoms with E-state index in [-0.39, 0.29) is 6.61 Å². The fraction of sp³-hybridized carbons (Fsp3) is 0.100. The molecule has 0 saturated heterocycles. The molecule has 0 fully saturated rings. The minimum absolute atomic E-state index is 0.0832. The summed E-state index contributed by atoms with van der Waals surface area (Å²) < 4.78 is 0. The van der Waals surface area contributed by atoms with Crippen molar-refractivity contribution in [3.05, 3.63) is 41.5 Å². The van der Waals surface area contributed by atoms with E-state index < -0.39 is 5.97 Å². The number of hydrogen-bond donors (Lipinski definition) is 2. The van der Waals surface area contributed by atoms with Crippen LogP contribution in [0.15, 0.2) is 30.3 Å². The van der Waals surface area contributed by atoms with E-state index in [0.717, 1.165) is 17.2 Å². The van der Waals surface area contributed by atoms with Crippen LogP contribution < -0.4 is 0 Å². The standard InChI is InChI=1S/C10H10O3/c11-7-9-4-2-1-3-8(9)5-6-10(12)13/h1-6,11H,7H2,(H,12,13). The van der Waals surface area contributed by atoms with Crippen LogP contribution >= 0.6 is 0 Å². The Balaban J connectivity index is 2.93. The number of aliphatic carboxylic acids is 1. The van der Waals surface area contributed by atoms with E-state index in [2.05, 4.69) is 0 Å². The van der Waals surface area contributed by atoms with Crippen molar-refractivity contribution < 1.29 is 15.0 Å². The lowest BCUT2D eigenvalue weighted by Crippen LogP contribution is -1.89. The summed E-state index contributed by atoms with van der Waals surface area (Å²) in [6.45, 7) is -0.0832. The Bertz CT molecular complexity index is 329.